The van der Waals surface area contributed by atoms with Crippen molar-refractivity contribution >= 4 is 17.5 Å². The molecule has 0 fully saturated rings. The summed E-state index contributed by atoms with van der Waals surface area (Å²) in [6.07, 6.45) is -4.65. The molecule has 146 valence electrons. The molecule has 3 rings (SSSR count). The summed E-state index contributed by atoms with van der Waals surface area (Å²) in [5, 5.41) is 5.66. The minimum atomic E-state index is -4.65. The molecule has 0 aliphatic carbocycles. The van der Waals surface area contributed by atoms with Gasteiger partial charge in [0.05, 0.1) is 5.69 Å². The van der Waals surface area contributed by atoms with Crippen molar-refractivity contribution in [1.29, 1.82) is 0 Å². The van der Waals surface area contributed by atoms with Gasteiger partial charge in [-0.3, -0.25) is 9.48 Å². The smallest absolute Gasteiger partial charge is 0.383 e. The molecule has 0 bridgehead atoms. The number of nitrogens with two attached hydrogens (primary N) is 1. The Kier molecular flexibility index (Phi) is 4.80. The van der Waals surface area contributed by atoms with Gasteiger partial charge in [0.15, 0.2) is 17.3 Å². The second-order valence-electron chi connectivity index (χ2n) is 6.11. The molecule has 0 spiro atoms. The van der Waals surface area contributed by atoms with Gasteiger partial charge in [-0.05, 0) is 31.2 Å². The Bertz CT molecular complexity index is 1040. The topological polar surface area (TPSA) is 85.8 Å². The van der Waals surface area contributed by atoms with Crippen LogP contribution in [-0.4, -0.2) is 20.7 Å². The molecule has 2 heterocycles. The lowest BCUT2D eigenvalue weighted by Gasteiger charge is -2.10. The number of nitrogen functional groups attached to an aromatic ring is 1. The Labute approximate surface area is 157 Å². The molecule has 2 aromatic heterocycles. The predicted molar refractivity (Wildman–Crippen MR) is 94.9 cm³/mol. The molecule has 0 saturated heterocycles. The molecular formula is C18H15F4N5O. The number of amides is 1. The number of halogens is 4. The van der Waals surface area contributed by atoms with Crippen LogP contribution in [0.3, 0.4) is 0 Å². The van der Waals surface area contributed by atoms with Gasteiger partial charge in [-0.1, -0.05) is 17.7 Å². The molecule has 1 amide bonds. The maximum atomic E-state index is 14.4. The van der Waals surface area contributed by atoms with E-state index < -0.39 is 29.4 Å². The Morgan fingerprint density at radius 1 is 1.18 bits per heavy atom. The zero-order valence-electron chi connectivity index (χ0n) is 14.8. The van der Waals surface area contributed by atoms with Gasteiger partial charge in [-0.15, -0.1) is 0 Å². The van der Waals surface area contributed by atoms with E-state index in [1.807, 2.05) is 6.92 Å². The molecule has 0 radical (unpaired) electrons. The van der Waals surface area contributed by atoms with Crippen LogP contribution in [0.15, 0.2) is 36.4 Å². The number of alkyl halides is 3. The van der Waals surface area contributed by atoms with Crippen molar-refractivity contribution < 1.29 is 22.4 Å². The van der Waals surface area contributed by atoms with Crippen LogP contribution in [0.5, 0.6) is 0 Å². The van der Waals surface area contributed by atoms with E-state index in [4.69, 9.17) is 5.73 Å². The normalized spacial score (nSPS) is 11.5. The van der Waals surface area contributed by atoms with Gasteiger partial charge in [-0.2, -0.15) is 18.3 Å². The highest BCUT2D eigenvalue weighted by Gasteiger charge is 2.35. The molecular weight excluding hydrogens is 378 g/mol. The molecule has 6 nitrogen and oxygen atoms in total. The van der Waals surface area contributed by atoms with Crippen LogP contribution < -0.4 is 11.1 Å². The number of carbonyl (C=O) groups excluding carboxylic acids is 1. The summed E-state index contributed by atoms with van der Waals surface area (Å²) in [5.74, 6) is -2.22. The first kappa shape index (κ1) is 19.3. The second kappa shape index (κ2) is 6.95. The van der Waals surface area contributed by atoms with Crippen molar-refractivity contribution in [3.8, 4) is 11.3 Å². The third-order valence-corrected chi connectivity index (χ3v) is 4.00. The van der Waals surface area contributed by atoms with E-state index in [1.54, 1.807) is 24.3 Å². The third kappa shape index (κ3) is 3.80. The van der Waals surface area contributed by atoms with Gasteiger partial charge >= 0.3 is 6.18 Å². The summed E-state index contributed by atoms with van der Waals surface area (Å²) in [5.41, 5.74) is 5.76. The van der Waals surface area contributed by atoms with Gasteiger partial charge in [0.1, 0.15) is 5.82 Å². The summed E-state index contributed by atoms with van der Waals surface area (Å²) in [6, 6.07) is 8.22. The highest BCUT2D eigenvalue weighted by Crippen LogP contribution is 2.34. The number of nitrogens with one attached hydrogen (secondary N) is 1. The number of benzene rings is 1. The Morgan fingerprint density at radius 2 is 1.82 bits per heavy atom. The van der Waals surface area contributed by atoms with Gasteiger partial charge in [0.25, 0.3) is 5.91 Å². The Hall–Kier alpha value is -3.43. The number of hydrogen-bond donors (Lipinski definition) is 2. The molecule has 10 heteroatoms. The maximum absolute atomic E-state index is 14.4. The fraction of sp³-hybridized carbons (Fsp3) is 0.167. The molecule has 28 heavy (non-hydrogen) atoms. The van der Waals surface area contributed by atoms with Gasteiger partial charge in [0.2, 0.25) is 0 Å². The first-order chi connectivity index (χ1) is 13.1. The number of nitrogens with zero attached hydrogens (tertiary/aromatic N) is 3. The van der Waals surface area contributed by atoms with Crippen molar-refractivity contribution in [3.05, 3.63) is 59.0 Å². The zero-order chi connectivity index (χ0) is 20.6. The third-order valence-electron chi connectivity index (χ3n) is 4.00. The zero-order valence-corrected chi connectivity index (χ0v) is 14.8. The minimum absolute atomic E-state index is 0.0624. The molecule has 0 saturated carbocycles. The van der Waals surface area contributed by atoms with Crippen LogP contribution in [0.1, 0.15) is 21.6 Å². The van der Waals surface area contributed by atoms with Crippen molar-refractivity contribution in [2.75, 3.05) is 11.1 Å². The highest BCUT2D eigenvalue weighted by molar-refractivity contribution is 6.04. The van der Waals surface area contributed by atoms with Crippen LogP contribution in [-0.2, 0) is 13.2 Å². The van der Waals surface area contributed by atoms with Crippen molar-refractivity contribution in [1.82, 2.24) is 14.8 Å². The molecule has 0 atom stereocenters. The summed E-state index contributed by atoms with van der Waals surface area (Å²) in [7, 11) is 1.27. The van der Waals surface area contributed by atoms with Crippen LogP contribution in [0.4, 0.5) is 29.2 Å². The lowest BCUT2D eigenvalue weighted by atomic mass is 10.1. The lowest BCUT2D eigenvalue weighted by molar-refractivity contribution is -0.141. The molecule has 0 aliphatic rings. The largest absolute Gasteiger partial charge is 0.435 e. The average Bonchev–Trinajstić information content (AvgIpc) is 3.00. The summed E-state index contributed by atoms with van der Waals surface area (Å²) >= 11 is 0. The van der Waals surface area contributed by atoms with Gasteiger partial charge in [-0.25, -0.2) is 9.37 Å². The van der Waals surface area contributed by atoms with E-state index in [0.717, 1.165) is 22.4 Å². The number of anilines is 2. The van der Waals surface area contributed by atoms with Crippen LogP contribution in [0.25, 0.3) is 11.3 Å². The van der Waals surface area contributed by atoms with Crippen LogP contribution in [0.2, 0.25) is 0 Å². The standard InChI is InChI=1S/C18H15F4N5O/c1-9-3-5-10(6-4-9)17(28)25-16-12(19)7-11(15(23)24-16)13-8-14(18(20,21)22)26-27(13)2/h3-8H,1-2H3,(H3,23,24,25,28). The Morgan fingerprint density at radius 3 is 2.39 bits per heavy atom. The molecule has 3 aromatic rings. The number of rotatable bonds is 3. The maximum Gasteiger partial charge on any atom is 0.435 e. The van der Waals surface area contributed by atoms with Gasteiger partial charge < -0.3 is 11.1 Å². The average molecular weight is 393 g/mol. The molecule has 3 N–H and O–H groups in total. The minimum Gasteiger partial charge on any atom is -0.383 e. The van der Waals surface area contributed by atoms with Crippen molar-refractivity contribution in [2.45, 2.75) is 13.1 Å². The molecule has 0 aliphatic heterocycles. The number of aryl methyl sites for hydroxylation is 2. The summed E-state index contributed by atoms with van der Waals surface area (Å²) in [4.78, 5) is 16.0. The first-order valence-corrected chi connectivity index (χ1v) is 8.02. The fourth-order valence-electron chi connectivity index (χ4n) is 2.54. The van der Waals surface area contributed by atoms with E-state index in [1.165, 1.54) is 7.05 Å². The molecule has 1 aromatic carbocycles. The van der Waals surface area contributed by atoms with Gasteiger partial charge in [0, 0.05) is 18.2 Å². The summed E-state index contributed by atoms with van der Waals surface area (Å²) in [6.45, 7) is 1.85. The Balaban J connectivity index is 1.92. The van der Waals surface area contributed by atoms with E-state index in [9.17, 15) is 22.4 Å². The number of pyridine rings is 1. The number of aromatic nitrogens is 3. The first-order valence-electron chi connectivity index (χ1n) is 8.02. The van der Waals surface area contributed by atoms with Crippen molar-refractivity contribution in [2.24, 2.45) is 7.05 Å². The van der Waals surface area contributed by atoms with E-state index >= 15 is 0 Å². The lowest BCUT2D eigenvalue weighted by Crippen LogP contribution is -2.15. The van der Waals surface area contributed by atoms with Crippen LogP contribution in [0, 0.1) is 12.7 Å². The highest BCUT2D eigenvalue weighted by atomic mass is 19.4. The number of hydrogen-bond acceptors (Lipinski definition) is 4. The molecule has 0 unspecified atom stereocenters. The van der Waals surface area contributed by atoms with Crippen molar-refractivity contribution in [3.63, 3.8) is 0 Å². The number of carbonyl (C=O) groups is 1. The summed E-state index contributed by atoms with van der Waals surface area (Å²) < 4.78 is 53.9. The predicted octanol–water partition coefficient (Wildman–Crippen LogP) is 3.78. The van der Waals surface area contributed by atoms with Crippen LogP contribution >= 0.6 is 0 Å². The monoisotopic (exact) mass is 393 g/mol. The fourth-order valence-corrected chi connectivity index (χ4v) is 2.54. The quantitative estimate of drug-likeness (QED) is 0.663. The second-order valence-corrected chi connectivity index (χ2v) is 6.11. The van der Waals surface area contributed by atoms with E-state index in [2.05, 4.69) is 15.4 Å². The van der Waals surface area contributed by atoms with E-state index in [0.29, 0.717) is 0 Å². The SMILES string of the molecule is Cc1ccc(C(=O)Nc2nc(N)c(-c3cc(C(F)(F)F)nn3C)cc2F)cc1. The van der Waals surface area contributed by atoms with E-state index in [-0.39, 0.29) is 22.6 Å².